The predicted molar refractivity (Wildman–Crippen MR) is 104 cm³/mol. The first-order chi connectivity index (χ1) is 13.5. The van der Waals surface area contributed by atoms with Gasteiger partial charge >= 0.3 is 166 Å². The van der Waals surface area contributed by atoms with Crippen LogP contribution in [-0.4, -0.2) is 0 Å². The molecule has 0 heterocycles. The number of hydrogen-bond donors (Lipinski definition) is 0. The number of allylic oxidation sites excluding steroid dienone is 2. The van der Waals surface area contributed by atoms with Crippen molar-refractivity contribution in [1.82, 2.24) is 0 Å². The van der Waals surface area contributed by atoms with E-state index in [0.29, 0.717) is 22.3 Å². The van der Waals surface area contributed by atoms with Gasteiger partial charge in [0.1, 0.15) is 0 Å². The van der Waals surface area contributed by atoms with Crippen molar-refractivity contribution < 1.29 is 28.3 Å². The van der Waals surface area contributed by atoms with Crippen molar-refractivity contribution in [1.29, 1.82) is 0 Å². The average Bonchev–Trinajstić information content (AvgIpc) is 2.67. The Labute approximate surface area is 166 Å². The Balaban J connectivity index is 2.24. The van der Waals surface area contributed by atoms with Crippen LogP contribution in [0.25, 0.3) is 0 Å². The van der Waals surface area contributed by atoms with E-state index in [1.807, 2.05) is 97.1 Å². The van der Waals surface area contributed by atoms with Gasteiger partial charge in [-0.05, 0) is 0 Å². The Morgan fingerprint density at radius 2 is 1.00 bits per heavy atom. The first-order valence-electron chi connectivity index (χ1n) is 8.98. The van der Waals surface area contributed by atoms with Crippen LogP contribution < -0.4 is 29.9 Å². The standard InChI is InChI=1S/C22H20ClO4P/c24-23(25,26)27-28(22-17-10-18-22,19-11-4-1-5-12-19,20-13-6-2-7-14-20)21-15-8-3-9-16-21/h1-9,11-17H,10,18H2. The van der Waals surface area contributed by atoms with Crippen molar-refractivity contribution in [2.75, 3.05) is 0 Å². The molecule has 0 fully saturated rings. The predicted octanol–water partition coefficient (Wildman–Crippen LogP) is 1.02. The third-order valence-corrected chi connectivity index (χ3v) is 12.4. The molecule has 0 aliphatic heterocycles. The van der Waals surface area contributed by atoms with Crippen LogP contribution in [0.15, 0.2) is 102 Å². The van der Waals surface area contributed by atoms with Crippen molar-refractivity contribution >= 4 is 22.7 Å². The molecule has 0 saturated heterocycles. The summed E-state index contributed by atoms with van der Waals surface area (Å²) in [5.41, 5.74) is 0. The zero-order chi connectivity index (χ0) is 19.7. The summed E-state index contributed by atoms with van der Waals surface area (Å²) in [6, 6.07) is 27.8. The molecule has 0 bridgehead atoms. The summed E-state index contributed by atoms with van der Waals surface area (Å²) in [6.45, 7) is -4.20. The minimum atomic E-state index is -4.71. The third kappa shape index (κ3) is 2.82. The molecule has 0 amide bonds. The molecule has 0 radical (unpaired) electrons. The number of hydrogen-bond acceptors (Lipinski definition) is 4. The summed E-state index contributed by atoms with van der Waals surface area (Å²) in [7, 11) is -4.71. The first-order valence-corrected chi connectivity index (χ1v) is 12.4. The Morgan fingerprint density at radius 3 is 1.25 bits per heavy atom. The molecular formula is C22H20ClO4P. The SMILES string of the molecule is [O-][Cl+3]([O-])([O-])OP(C1=CCC1)(c1ccccc1)(c1ccccc1)c1ccccc1. The first kappa shape index (κ1) is 19.3. The van der Waals surface area contributed by atoms with Crippen molar-refractivity contribution in [3.63, 3.8) is 0 Å². The van der Waals surface area contributed by atoms with Crippen molar-refractivity contribution in [3.05, 3.63) is 102 Å². The van der Waals surface area contributed by atoms with E-state index in [1.54, 1.807) is 0 Å². The topological polar surface area (TPSA) is 78.4 Å². The maximum absolute atomic E-state index is 12.2. The molecule has 3 aromatic rings. The molecule has 0 saturated carbocycles. The second-order valence-electron chi connectivity index (χ2n) is 6.72. The molecule has 0 aromatic heterocycles. The molecule has 6 heteroatoms. The number of rotatable bonds is 6. The summed E-state index contributed by atoms with van der Waals surface area (Å²) in [4.78, 5) is 0. The van der Waals surface area contributed by atoms with Crippen LogP contribution in [0.4, 0.5) is 0 Å². The fourth-order valence-electron chi connectivity index (χ4n) is 4.08. The van der Waals surface area contributed by atoms with Crippen LogP contribution in [0.1, 0.15) is 12.8 Å². The van der Waals surface area contributed by atoms with Crippen LogP contribution in [-0.2, 0) is 4.08 Å². The molecule has 1 aliphatic carbocycles. The molecule has 28 heavy (non-hydrogen) atoms. The van der Waals surface area contributed by atoms with Gasteiger partial charge in [0.05, 0.1) is 0 Å². The summed E-state index contributed by atoms with van der Waals surface area (Å²) < 4.78 is 42.5. The van der Waals surface area contributed by atoms with Crippen molar-refractivity contribution in [3.8, 4) is 0 Å². The Hall–Kier alpha value is -2.04. The molecule has 144 valence electrons. The van der Waals surface area contributed by atoms with Crippen LogP contribution >= 0.6 is 6.83 Å². The van der Waals surface area contributed by atoms with E-state index < -0.39 is 17.1 Å². The van der Waals surface area contributed by atoms with Gasteiger partial charge in [-0.1, -0.05) is 0 Å². The quantitative estimate of drug-likeness (QED) is 0.564. The summed E-state index contributed by atoms with van der Waals surface area (Å²) >= 11 is 0. The van der Waals surface area contributed by atoms with E-state index >= 15 is 0 Å². The van der Waals surface area contributed by atoms with Gasteiger partial charge in [-0.15, -0.1) is 0 Å². The normalized spacial score (nSPS) is 15.8. The molecule has 3 aromatic carbocycles. The van der Waals surface area contributed by atoms with E-state index in [0.717, 1.165) is 11.7 Å². The number of halogens is 1. The molecule has 1 aliphatic rings. The van der Waals surface area contributed by atoms with Gasteiger partial charge in [0.2, 0.25) is 0 Å². The van der Waals surface area contributed by atoms with E-state index in [1.165, 1.54) is 0 Å². The molecule has 4 nitrogen and oxygen atoms in total. The Bertz CT molecular complexity index is 886. The zero-order valence-electron chi connectivity index (χ0n) is 15.1. The second-order valence-corrected chi connectivity index (χ2v) is 12.2. The molecular weight excluding hydrogens is 395 g/mol. The fourth-order valence-corrected chi connectivity index (χ4v) is 11.9. The average molecular weight is 415 g/mol. The number of benzene rings is 3. The van der Waals surface area contributed by atoms with Crippen LogP contribution in [0, 0.1) is 10.2 Å². The van der Waals surface area contributed by atoms with Gasteiger partial charge in [0.25, 0.3) is 0 Å². The van der Waals surface area contributed by atoms with Gasteiger partial charge in [-0.25, -0.2) is 0 Å². The summed E-state index contributed by atoms with van der Waals surface area (Å²) in [5.74, 6) is 0. The Kier molecular flexibility index (Phi) is 4.88. The van der Waals surface area contributed by atoms with Crippen LogP contribution in [0.5, 0.6) is 0 Å². The summed E-state index contributed by atoms with van der Waals surface area (Å²) in [5, 5.41) is 2.96. The monoisotopic (exact) mass is 414 g/mol. The van der Waals surface area contributed by atoms with Gasteiger partial charge in [0.15, 0.2) is 0 Å². The van der Waals surface area contributed by atoms with Gasteiger partial charge in [0, 0.05) is 0 Å². The van der Waals surface area contributed by atoms with E-state index in [4.69, 9.17) is 4.08 Å². The Morgan fingerprint density at radius 1 is 0.643 bits per heavy atom. The molecule has 0 atom stereocenters. The van der Waals surface area contributed by atoms with Crippen LogP contribution in [0.3, 0.4) is 0 Å². The van der Waals surface area contributed by atoms with E-state index in [2.05, 4.69) is 0 Å². The summed E-state index contributed by atoms with van der Waals surface area (Å²) in [6.07, 6.45) is 3.49. The van der Waals surface area contributed by atoms with Gasteiger partial charge < -0.3 is 0 Å². The minimum absolute atomic E-state index is 0.668. The molecule has 0 unspecified atom stereocenters. The third-order valence-electron chi connectivity index (χ3n) is 5.30. The van der Waals surface area contributed by atoms with E-state index in [9.17, 15) is 14.0 Å². The van der Waals surface area contributed by atoms with Gasteiger partial charge in [-0.3, -0.25) is 0 Å². The fraction of sp³-hybridized carbons (Fsp3) is 0.0909. The molecule has 4 rings (SSSR count). The van der Waals surface area contributed by atoms with Crippen molar-refractivity contribution in [2.45, 2.75) is 12.8 Å². The van der Waals surface area contributed by atoms with Gasteiger partial charge in [-0.2, -0.15) is 0 Å². The zero-order valence-corrected chi connectivity index (χ0v) is 16.8. The van der Waals surface area contributed by atoms with Crippen LogP contribution in [0.2, 0.25) is 0 Å². The molecule has 0 N–H and O–H groups in total. The second kappa shape index (κ2) is 7.09. The van der Waals surface area contributed by atoms with Crippen molar-refractivity contribution in [2.24, 2.45) is 0 Å². The molecule has 0 spiro atoms. The maximum atomic E-state index is 12.2. The van der Waals surface area contributed by atoms with E-state index in [-0.39, 0.29) is 0 Å².